The smallest absolute Gasteiger partial charge is 0.148 e. The molecule has 0 aliphatic carbocycles. The van der Waals surface area contributed by atoms with Gasteiger partial charge in [-0.15, -0.1) is 0 Å². The number of rotatable bonds is 11. The number of aromatic nitrogens is 1. The van der Waals surface area contributed by atoms with E-state index in [4.69, 9.17) is 0 Å². The first kappa shape index (κ1) is 46.1. The normalized spacial score (nSPS) is 11.8. The molecule has 1 aromatic heterocycles. The van der Waals surface area contributed by atoms with E-state index in [-0.39, 0.29) is 0 Å². The molecule has 0 fully saturated rings. The van der Waals surface area contributed by atoms with E-state index in [0.717, 1.165) is 84.8 Å². The van der Waals surface area contributed by atoms with E-state index in [1.807, 2.05) is 0 Å². The van der Waals surface area contributed by atoms with Gasteiger partial charge in [0.25, 0.3) is 0 Å². The van der Waals surface area contributed by atoms with Gasteiger partial charge in [0, 0.05) is 45.1 Å². The second kappa shape index (κ2) is 20.0. The summed E-state index contributed by atoms with van der Waals surface area (Å²) in [7, 11) is 0. The minimum absolute atomic E-state index is 1.08. The molecule has 368 valence electrons. The Hall–Kier alpha value is -10.4. The predicted molar refractivity (Wildman–Crippen MR) is 328 cm³/mol. The summed E-state index contributed by atoms with van der Waals surface area (Å²) in [6.45, 7) is 0. The van der Waals surface area contributed by atoms with Gasteiger partial charge in [-0.05, 0) is 135 Å². The lowest BCUT2D eigenvalue weighted by Crippen LogP contribution is -2.25. The fourth-order valence-corrected chi connectivity index (χ4v) is 11.5. The molecular formula is C74H52N4. The van der Waals surface area contributed by atoms with E-state index in [0.29, 0.717) is 0 Å². The van der Waals surface area contributed by atoms with Crippen LogP contribution in [0.25, 0.3) is 72.2 Å². The fraction of sp³-hybridized carbons (Fsp3) is 0. The maximum atomic E-state index is 2.49. The first-order valence-electron chi connectivity index (χ1n) is 26.7. The van der Waals surface area contributed by atoms with Crippen LogP contribution in [-0.4, -0.2) is 4.57 Å². The maximum Gasteiger partial charge on any atom is 0.148 e. The van der Waals surface area contributed by atoms with E-state index in [9.17, 15) is 0 Å². The van der Waals surface area contributed by atoms with Gasteiger partial charge in [0.05, 0.1) is 22.6 Å². The SMILES string of the molecule is c1ccc(-c2ccc(N(c3ccc(-c4ccc(-c5cccc6c5N(c5ccccc5)c5c(n(-c7ccccc7)c7ccccc57)N6c5ccccc5)cc4)cc3)c3ccc(-c4ccccc4-c4ccccc4)cc3)cc2)cc1. The molecule has 4 nitrogen and oxygen atoms in total. The van der Waals surface area contributed by atoms with Crippen molar-refractivity contribution in [1.82, 2.24) is 4.57 Å². The molecule has 14 rings (SSSR count). The van der Waals surface area contributed by atoms with Gasteiger partial charge >= 0.3 is 0 Å². The molecule has 0 saturated carbocycles. The standard InChI is InChI=1S/C74H52N4/c1-6-21-53(22-7-1)55-41-47-63(48-42-55)75(65-51-45-58(46-52-65)67-32-17-16-31-66(67)57-23-8-2-9-24-57)64-49-43-56(44-50-64)54-37-39-59(40-38-54)68-34-20-36-71-72(68)78(62-29-14-5-15-30-62)73-69-33-18-19-35-70(69)76(60-25-10-3-11-26-60)74(73)77(71)61-27-12-4-13-28-61/h1-52H. The van der Waals surface area contributed by atoms with E-state index in [2.05, 4.69) is 335 Å². The van der Waals surface area contributed by atoms with Crippen LogP contribution in [0.15, 0.2) is 315 Å². The monoisotopic (exact) mass is 996 g/mol. The molecular weight excluding hydrogens is 945 g/mol. The molecule has 78 heavy (non-hydrogen) atoms. The summed E-state index contributed by atoms with van der Waals surface area (Å²) in [6, 6.07) is 114. The molecule has 0 unspecified atom stereocenters. The molecule has 1 aliphatic heterocycles. The van der Waals surface area contributed by atoms with Gasteiger partial charge < -0.3 is 9.80 Å². The Balaban J connectivity index is 0.845. The Bertz CT molecular complexity index is 4200. The molecule has 0 bridgehead atoms. The predicted octanol–water partition coefficient (Wildman–Crippen LogP) is 20.7. The summed E-state index contributed by atoms with van der Waals surface area (Å²) in [4.78, 5) is 7.30. The summed E-state index contributed by atoms with van der Waals surface area (Å²) < 4.78 is 2.42. The van der Waals surface area contributed by atoms with Crippen molar-refractivity contribution >= 4 is 62.2 Å². The minimum Gasteiger partial charge on any atom is -0.311 e. The molecule has 0 N–H and O–H groups in total. The van der Waals surface area contributed by atoms with Gasteiger partial charge in [-0.25, -0.2) is 0 Å². The largest absolute Gasteiger partial charge is 0.311 e. The minimum atomic E-state index is 1.08. The van der Waals surface area contributed by atoms with Crippen molar-refractivity contribution in [1.29, 1.82) is 0 Å². The van der Waals surface area contributed by atoms with Crippen LogP contribution in [0.4, 0.5) is 51.3 Å². The highest BCUT2D eigenvalue weighted by atomic mass is 15.3. The second-order valence-electron chi connectivity index (χ2n) is 19.7. The molecule has 0 radical (unpaired) electrons. The number of fused-ring (bicyclic) bond motifs is 4. The molecule has 0 atom stereocenters. The van der Waals surface area contributed by atoms with Crippen LogP contribution in [0.5, 0.6) is 0 Å². The van der Waals surface area contributed by atoms with E-state index in [1.165, 1.54) is 38.8 Å². The van der Waals surface area contributed by atoms with Gasteiger partial charge in [-0.1, -0.05) is 231 Å². The molecule has 4 heteroatoms. The van der Waals surface area contributed by atoms with Gasteiger partial charge in [0.2, 0.25) is 0 Å². The van der Waals surface area contributed by atoms with E-state index < -0.39 is 0 Å². The summed E-state index contributed by atoms with van der Waals surface area (Å²) in [6.07, 6.45) is 0. The van der Waals surface area contributed by atoms with E-state index in [1.54, 1.807) is 0 Å². The van der Waals surface area contributed by atoms with Crippen LogP contribution >= 0.6 is 0 Å². The van der Waals surface area contributed by atoms with Crippen molar-refractivity contribution in [3.05, 3.63) is 315 Å². The third kappa shape index (κ3) is 8.30. The first-order chi connectivity index (χ1) is 38.7. The quantitative estimate of drug-likeness (QED) is 0.128. The third-order valence-electron chi connectivity index (χ3n) is 15.1. The van der Waals surface area contributed by atoms with Crippen LogP contribution in [0, 0.1) is 0 Å². The molecule has 0 saturated heterocycles. The van der Waals surface area contributed by atoms with Crippen LogP contribution < -0.4 is 14.7 Å². The number of anilines is 9. The average molecular weight is 997 g/mol. The number of nitrogens with zero attached hydrogens (tertiary/aromatic N) is 4. The van der Waals surface area contributed by atoms with Crippen LogP contribution in [0.2, 0.25) is 0 Å². The zero-order chi connectivity index (χ0) is 51.8. The third-order valence-corrected chi connectivity index (χ3v) is 15.1. The Morgan fingerprint density at radius 3 is 1.13 bits per heavy atom. The average Bonchev–Trinajstić information content (AvgIpc) is 3.84. The Labute approximate surface area is 455 Å². The number of hydrogen-bond donors (Lipinski definition) is 0. The Kier molecular flexibility index (Phi) is 11.8. The van der Waals surface area contributed by atoms with Gasteiger partial charge in [-0.2, -0.15) is 0 Å². The maximum absolute atomic E-state index is 2.49. The van der Waals surface area contributed by atoms with E-state index >= 15 is 0 Å². The van der Waals surface area contributed by atoms with Crippen molar-refractivity contribution in [2.75, 3.05) is 14.7 Å². The van der Waals surface area contributed by atoms with Crippen molar-refractivity contribution in [3.8, 4) is 61.3 Å². The number of hydrogen-bond acceptors (Lipinski definition) is 3. The second-order valence-corrected chi connectivity index (χ2v) is 19.7. The Morgan fingerprint density at radius 2 is 0.590 bits per heavy atom. The summed E-state index contributed by atoms with van der Waals surface area (Å²) in [5.74, 6) is 1.09. The summed E-state index contributed by atoms with van der Waals surface area (Å²) in [5, 5.41) is 1.17. The van der Waals surface area contributed by atoms with Crippen molar-refractivity contribution in [3.63, 3.8) is 0 Å². The van der Waals surface area contributed by atoms with Crippen molar-refractivity contribution in [2.24, 2.45) is 0 Å². The van der Waals surface area contributed by atoms with Gasteiger partial charge in [0.15, 0.2) is 0 Å². The first-order valence-corrected chi connectivity index (χ1v) is 26.7. The highest BCUT2D eigenvalue weighted by Crippen LogP contribution is 2.60. The topological polar surface area (TPSA) is 14.7 Å². The van der Waals surface area contributed by atoms with Crippen LogP contribution in [-0.2, 0) is 0 Å². The lowest BCUT2D eigenvalue weighted by molar-refractivity contribution is 1.05. The van der Waals surface area contributed by atoms with Crippen LogP contribution in [0.3, 0.4) is 0 Å². The number of para-hydroxylation sites is 5. The molecule has 13 aromatic rings. The van der Waals surface area contributed by atoms with Gasteiger partial charge in [-0.3, -0.25) is 9.47 Å². The molecule has 2 heterocycles. The molecule has 0 amide bonds. The zero-order valence-corrected chi connectivity index (χ0v) is 42.8. The number of benzene rings is 12. The zero-order valence-electron chi connectivity index (χ0n) is 42.8. The van der Waals surface area contributed by atoms with Crippen molar-refractivity contribution < 1.29 is 0 Å². The highest BCUT2D eigenvalue weighted by molar-refractivity contribution is 6.15. The Morgan fingerprint density at radius 1 is 0.231 bits per heavy atom. The summed E-state index contributed by atoms with van der Waals surface area (Å²) >= 11 is 0. The fourth-order valence-electron chi connectivity index (χ4n) is 11.5. The molecule has 1 aliphatic rings. The highest BCUT2D eigenvalue weighted by Gasteiger charge is 2.38. The molecule has 0 spiro atoms. The molecule has 12 aromatic carbocycles. The lowest BCUT2D eigenvalue weighted by Gasteiger charge is -2.40. The summed E-state index contributed by atoms with van der Waals surface area (Å²) in [5.41, 5.74) is 22.8. The van der Waals surface area contributed by atoms with Crippen LogP contribution in [0.1, 0.15) is 0 Å². The van der Waals surface area contributed by atoms with Crippen molar-refractivity contribution in [2.45, 2.75) is 0 Å². The van der Waals surface area contributed by atoms with Gasteiger partial charge in [0.1, 0.15) is 5.82 Å². The lowest BCUT2D eigenvalue weighted by atomic mass is 9.94.